The SMILES string of the molecule is NC(N)=NC(=O)c1nc(SCc2ccccc2)cnc1N. The lowest BCUT2D eigenvalue weighted by molar-refractivity contribution is 0.0998. The van der Waals surface area contributed by atoms with Crippen molar-refractivity contribution in [1.29, 1.82) is 0 Å². The summed E-state index contributed by atoms with van der Waals surface area (Å²) in [4.78, 5) is 23.3. The normalized spacial score (nSPS) is 10.1. The van der Waals surface area contributed by atoms with E-state index >= 15 is 0 Å². The van der Waals surface area contributed by atoms with Crippen LogP contribution >= 0.6 is 11.8 Å². The largest absolute Gasteiger partial charge is 0.382 e. The van der Waals surface area contributed by atoms with Crippen LogP contribution in [0.5, 0.6) is 0 Å². The summed E-state index contributed by atoms with van der Waals surface area (Å²) in [5, 5.41) is 0.571. The fourth-order valence-electron chi connectivity index (χ4n) is 1.51. The molecule has 8 heteroatoms. The van der Waals surface area contributed by atoms with Crippen LogP contribution in [-0.2, 0) is 5.75 Å². The smallest absolute Gasteiger partial charge is 0.302 e. The van der Waals surface area contributed by atoms with Crippen LogP contribution in [-0.4, -0.2) is 21.8 Å². The van der Waals surface area contributed by atoms with Crippen molar-refractivity contribution in [3.63, 3.8) is 0 Å². The zero-order valence-corrected chi connectivity index (χ0v) is 11.9. The topological polar surface area (TPSA) is 133 Å². The highest BCUT2D eigenvalue weighted by molar-refractivity contribution is 7.98. The molecule has 0 aliphatic carbocycles. The van der Waals surface area contributed by atoms with Crippen LogP contribution in [0.1, 0.15) is 16.1 Å². The highest BCUT2D eigenvalue weighted by atomic mass is 32.2. The van der Waals surface area contributed by atoms with Crippen molar-refractivity contribution in [2.24, 2.45) is 16.5 Å². The number of hydrogen-bond donors (Lipinski definition) is 3. The molecule has 0 spiro atoms. The van der Waals surface area contributed by atoms with Gasteiger partial charge in [-0.05, 0) is 5.56 Å². The quantitative estimate of drug-likeness (QED) is 0.431. The molecule has 0 radical (unpaired) electrons. The molecule has 6 N–H and O–H groups in total. The van der Waals surface area contributed by atoms with E-state index in [9.17, 15) is 4.79 Å². The zero-order chi connectivity index (χ0) is 15.2. The average molecular weight is 302 g/mol. The second-order valence-corrected chi connectivity index (χ2v) is 5.05. The maximum Gasteiger partial charge on any atom is 0.302 e. The van der Waals surface area contributed by atoms with Gasteiger partial charge in [-0.3, -0.25) is 4.79 Å². The number of rotatable bonds is 4. The van der Waals surface area contributed by atoms with Gasteiger partial charge in [-0.15, -0.1) is 11.8 Å². The van der Waals surface area contributed by atoms with E-state index in [4.69, 9.17) is 17.2 Å². The molecular weight excluding hydrogens is 288 g/mol. The molecule has 0 unspecified atom stereocenters. The van der Waals surface area contributed by atoms with Crippen LogP contribution in [0.15, 0.2) is 46.5 Å². The highest BCUT2D eigenvalue weighted by Crippen LogP contribution is 2.21. The molecule has 108 valence electrons. The summed E-state index contributed by atoms with van der Waals surface area (Å²) in [7, 11) is 0. The minimum atomic E-state index is -0.706. The van der Waals surface area contributed by atoms with Crippen molar-refractivity contribution < 1.29 is 4.79 Å². The molecule has 1 heterocycles. The molecule has 2 rings (SSSR count). The number of thioether (sulfide) groups is 1. The third-order valence-electron chi connectivity index (χ3n) is 2.44. The van der Waals surface area contributed by atoms with Gasteiger partial charge in [0.05, 0.1) is 6.20 Å². The predicted molar refractivity (Wildman–Crippen MR) is 82.6 cm³/mol. The standard InChI is InChI=1S/C13H14N6OS/c14-11-10(12(20)19-13(15)16)18-9(6-17-11)21-7-8-4-2-1-3-5-8/h1-6H,7H2,(H2,14,17)(H4,15,16,19,20). The monoisotopic (exact) mass is 302 g/mol. The van der Waals surface area contributed by atoms with E-state index in [1.807, 2.05) is 30.3 Å². The molecule has 0 aliphatic rings. The first-order chi connectivity index (χ1) is 10.1. The molecule has 1 aromatic heterocycles. The van der Waals surface area contributed by atoms with Crippen molar-refractivity contribution >= 4 is 29.4 Å². The number of nitrogen functional groups attached to an aromatic ring is 1. The number of anilines is 1. The Labute approximate surface area is 125 Å². The van der Waals surface area contributed by atoms with Crippen molar-refractivity contribution in [2.75, 3.05) is 5.73 Å². The van der Waals surface area contributed by atoms with Gasteiger partial charge in [0.15, 0.2) is 17.5 Å². The van der Waals surface area contributed by atoms with Crippen LogP contribution in [0.4, 0.5) is 5.82 Å². The number of guanidine groups is 1. The van der Waals surface area contributed by atoms with Crippen molar-refractivity contribution in [3.05, 3.63) is 47.8 Å². The number of nitrogens with two attached hydrogens (primary N) is 3. The second kappa shape index (κ2) is 6.71. The van der Waals surface area contributed by atoms with E-state index < -0.39 is 5.91 Å². The maximum atomic E-state index is 11.8. The van der Waals surface area contributed by atoms with Gasteiger partial charge < -0.3 is 17.2 Å². The summed E-state index contributed by atoms with van der Waals surface area (Å²) in [6, 6.07) is 9.87. The molecule has 0 saturated heterocycles. The van der Waals surface area contributed by atoms with Crippen LogP contribution < -0.4 is 17.2 Å². The minimum absolute atomic E-state index is 0.00550. The lowest BCUT2D eigenvalue weighted by Crippen LogP contribution is -2.24. The number of amides is 1. The van der Waals surface area contributed by atoms with Gasteiger partial charge >= 0.3 is 5.91 Å². The number of carbonyl (C=O) groups is 1. The van der Waals surface area contributed by atoms with Gasteiger partial charge in [-0.25, -0.2) is 9.97 Å². The summed E-state index contributed by atoms with van der Waals surface area (Å²) in [5.74, 6) is -0.352. The fourth-order valence-corrected chi connectivity index (χ4v) is 2.30. The minimum Gasteiger partial charge on any atom is -0.382 e. The van der Waals surface area contributed by atoms with Gasteiger partial charge in [0, 0.05) is 5.75 Å². The number of hydrogen-bond acceptors (Lipinski definition) is 5. The molecule has 0 fully saturated rings. The van der Waals surface area contributed by atoms with Gasteiger partial charge in [-0.2, -0.15) is 4.99 Å². The molecule has 1 amide bonds. The van der Waals surface area contributed by atoms with E-state index in [0.717, 1.165) is 5.56 Å². The molecule has 2 aromatic rings. The summed E-state index contributed by atoms with van der Waals surface area (Å²) in [6.45, 7) is 0. The van der Waals surface area contributed by atoms with Crippen LogP contribution in [0.3, 0.4) is 0 Å². The maximum absolute atomic E-state index is 11.8. The van der Waals surface area contributed by atoms with E-state index in [0.29, 0.717) is 10.8 Å². The Morgan fingerprint density at radius 2 is 1.95 bits per heavy atom. The summed E-state index contributed by atoms with van der Waals surface area (Å²) < 4.78 is 0. The van der Waals surface area contributed by atoms with Gasteiger partial charge in [0.2, 0.25) is 0 Å². The Balaban J connectivity index is 2.15. The molecule has 0 atom stereocenters. The summed E-state index contributed by atoms with van der Waals surface area (Å²) in [6.07, 6.45) is 1.51. The number of benzene rings is 1. The molecule has 0 aliphatic heterocycles. The summed E-state index contributed by atoms with van der Waals surface area (Å²) in [5.41, 5.74) is 17.0. The van der Waals surface area contributed by atoms with E-state index in [1.54, 1.807) is 0 Å². The van der Waals surface area contributed by atoms with Gasteiger partial charge in [0.1, 0.15) is 5.03 Å². The highest BCUT2D eigenvalue weighted by Gasteiger charge is 2.13. The van der Waals surface area contributed by atoms with Crippen LogP contribution in [0.25, 0.3) is 0 Å². The number of aliphatic imine (C=N–C) groups is 1. The lowest BCUT2D eigenvalue weighted by atomic mass is 10.2. The van der Waals surface area contributed by atoms with Crippen molar-refractivity contribution in [2.45, 2.75) is 10.8 Å². The van der Waals surface area contributed by atoms with Gasteiger partial charge in [-0.1, -0.05) is 30.3 Å². The van der Waals surface area contributed by atoms with E-state index in [2.05, 4.69) is 15.0 Å². The predicted octanol–water partition coefficient (Wildman–Crippen LogP) is 0.765. The first-order valence-electron chi connectivity index (χ1n) is 5.99. The van der Waals surface area contributed by atoms with E-state index in [1.165, 1.54) is 18.0 Å². The number of carbonyl (C=O) groups excluding carboxylic acids is 1. The first-order valence-corrected chi connectivity index (χ1v) is 6.98. The first kappa shape index (κ1) is 14.8. The molecule has 21 heavy (non-hydrogen) atoms. The zero-order valence-electron chi connectivity index (χ0n) is 11.1. The molecule has 0 saturated carbocycles. The Kier molecular flexibility index (Phi) is 4.72. The Morgan fingerprint density at radius 3 is 2.62 bits per heavy atom. The van der Waals surface area contributed by atoms with Gasteiger partial charge in [0.25, 0.3) is 0 Å². The van der Waals surface area contributed by atoms with Crippen LogP contribution in [0.2, 0.25) is 0 Å². The molecule has 1 aromatic carbocycles. The number of aromatic nitrogens is 2. The van der Waals surface area contributed by atoms with Crippen molar-refractivity contribution in [1.82, 2.24) is 9.97 Å². The number of nitrogens with zero attached hydrogens (tertiary/aromatic N) is 3. The Morgan fingerprint density at radius 1 is 1.24 bits per heavy atom. The Hall–Kier alpha value is -2.61. The fraction of sp³-hybridized carbons (Fsp3) is 0.0769. The van der Waals surface area contributed by atoms with Crippen LogP contribution in [0, 0.1) is 0 Å². The molecule has 7 nitrogen and oxygen atoms in total. The Bertz CT molecular complexity index is 670. The lowest BCUT2D eigenvalue weighted by Gasteiger charge is -2.04. The molecule has 0 bridgehead atoms. The second-order valence-electron chi connectivity index (χ2n) is 4.06. The summed E-state index contributed by atoms with van der Waals surface area (Å²) >= 11 is 1.44. The van der Waals surface area contributed by atoms with E-state index in [-0.39, 0.29) is 17.5 Å². The average Bonchev–Trinajstić information content (AvgIpc) is 2.46. The molecular formula is C13H14N6OS. The third kappa shape index (κ3) is 4.18. The van der Waals surface area contributed by atoms with Crippen molar-refractivity contribution in [3.8, 4) is 0 Å². The third-order valence-corrected chi connectivity index (χ3v) is 3.41.